The quantitative estimate of drug-likeness (QED) is 0.385. The predicted octanol–water partition coefficient (Wildman–Crippen LogP) is 5.14. The van der Waals surface area contributed by atoms with E-state index >= 15 is 0 Å². The normalized spacial score (nSPS) is 13.0. The molecule has 1 unspecified atom stereocenters. The molecule has 1 rings (SSSR count). The first kappa shape index (κ1) is 20.2. The highest BCUT2D eigenvalue weighted by Crippen LogP contribution is 2.37. The molecular formula is C18H31O4P. The van der Waals surface area contributed by atoms with Gasteiger partial charge in [0.25, 0.3) is 0 Å². The van der Waals surface area contributed by atoms with Gasteiger partial charge in [0.1, 0.15) is 11.9 Å². The number of rotatable bonds is 13. The smallest absolute Gasteiger partial charge is 0.329 e. The summed E-state index contributed by atoms with van der Waals surface area (Å²) in [4.78, 5) is 18.4. The van der Waals surface area contributed by atoms with E-state index in [-0.39, 0.29) is 6.16 Å². The monoisotopic (exact) mass is 342 g/mol. The van der Waals surface area contributed by atoms with Gasteiger partial charge in [0.15, 0.2) is 0 Å². The Morgan fingerprint density at radius 3 is 2.09 bits per heavy atom. The third-order valence-corrected chi connectivity index (χ3v) is 4.75. The molecule has 0 aliphatic rings. The van der Waals surface area contributed by atoms with Gasteiger partial charge in [-0.3, -0.25) is 4.57 Å². The summed E-state index contributed by atoms with van der Waals surface area (Å²) in [5.41, 5.74) is 0. The summed E-state index contributed by atoms with van der Waals surface area (Å²) in [5, 5.41) is 0. The molecule has 0 saturated heterocycles. The van der Waals surface area contributed by atoms with E-state index in [1.165, 1.54) is 38.5 Å². The van der Waals surface area contributed by atoms with Crippen molar-refractivity contribution >= 4 is 7.60 Å². The molecule has 0 aliphatic heterocycles. The lowest BCUT2D eigenvalue weighted by Gasteiger charge is -2.19. The highest BCUT2D eigenvalue weighted by atomic mass is 31.2. The minimum absolute atomic E-state index is 0.210. The molecular weight excluding hydrogens is 311 g/mol. The Labute approximate surface area is 140 Å². The molecule has 2 N–H and O–H groups in total. The molecule has 4 nitrogen and oxygen atoms in total. The first-order valence-electron chi connectivity index (χ1n) is 8.77. The van der Waals surface area contributed by atoms with Gasteiger partial charge in [-0.05, 0) is 25.0 Å². The van der Waals surface area contributed by atoms with E-state index in [0.717, 1.165) is 12.8 Å². The van der Waals surface area contributed by atoms with E-state index in [9.17, 15) is 14.4 Å². The van der Waals surface area contributed by atoms with Crippen molar-refractivity contribution in [1.29, 1.82) is 0 Å². The summed E-state index contributed by atoms with van der Waals surface area (Å²) >= 11 is 0. The Hall–Kier alpha value is -0.830. The highest BCUT2D eigenvalue weighted by molar-refractivity contribution is 7.51. The Bertz CT molecular complexity index is 444. The number of benzene rings is 1. The number of ether oxygens (including phenoxy) is 1. The Balaban J connectivity index is 2.28. The van der Waals surface area contributed by atoms with Crippen LogP contribution in [0.1, 0.15) is 64.7 Å². The standard InChI is InChI=1S/C18H31O4P/c1-2-3-4-5-6-7-8-10-15-18(16-23(19,20)21)22-17-13-11-9-12-14-17/h9,11-14,18H,2-8,10,15-16H2,1H3,(H2,19,20,21). The SMILES string of the molecule is CCCCCCCCCCC(CP(=O)(O)O)Oc1ccccc1. The van der Waals surface area contributed by atoms with Crippen LogP contribution < -0.4 is 4.74 Å². The number of hydrogen-bond donors (Lipinski definition) is 2. The van der Waals surface area contributed by atoms with Crippen LogP contribution in [0.2, 0.25) is 0 Å². The zero-order valence-corrected chi connectivity index (χ0v) is 15.1. The van der Waals surface area contributed by atoms with Gasteiger partial charge in [0, 0.05) is 0 Å². The highest BCUT2D eigenvalue weighted by Gasteiger charge is 2.22. The summed E-state index contributed by atoms with van der Waals surface area (Å²) in [6.45, 7) is 2.22. The zero-order chi connectivity index (χ0) is 17.0. The number of hydrogen-bond acceptors (Lipinski definition) is 2. The lowest BCUT2D eigenvalue weighted by atomic mass is 10.1. The van der Waals surface area contributed by atoms with Gasteiger partial charge in [-0.15, -0.1) is 0 Å². The van der Waals surface area contributed by atoms with E-state index in [1.54, 1.807) is 0 Å². The fourth-order valence-electron chi connectivity index (χ4n) is 2.65. The molecule has 0 aliphatic carbocycles. The summed E-state index contributed by atoms with van der Waals surface area (Å²) in [6.07, 6.45) is 9.74. The van der Waals surface area contributed by atoms with Crippen molar-refractivity contribution in [3.8, 4) is 5.75 Å². The van der Waals surface area contributed by atoms with Gasteiger partial charge in [-0.2, -0.15) is 0 Å². The van der Waals surface area contributed by atoms with Crippen LogP contribution in [0.4, 0.5) is 0 Å². The van der Waals surface area contributed by atoms with E-state index in [0.29, 0.717) is 12.2 Å². The molecule has 132 valence electrons. The van der Waals surface area contributed by atoms with Crippen molar-refractivity contribution in [3.63, 3.8) is 0 Å². The van der Waals surface area contributed by atoms with Gasteiger partial charge < -0.3 is 14.5 Å². The fourth-order valence-corrected chi connectivity index (χ4v) is 3.44. The maximum atomic E-state index is 11.3. The summed E-state index contributed by atoms with van der Waals surface area (Å²) < 4.78 is 17.0. The second-order valence-electron chi connectivity index (χ2n) is 6.16. The first-order valence-corrected chi connectivity index (χ1v) is 10.6. The zero-order valence-electron chi connectivity index (χ0n) is 14.2. The fraction of sp³-hybridized carbons (Fsp3) is 0.667. The topological polar surface area (TPSA) is 66.8 Å². The van der Waals surface area contributed by atoms with Crippen LogP contribution in [0, 0.1) is 0 Å². The first-order chi connectivity index (χ1) is 11.0. The molecule has 1 atom stereocenters. The van der Waals surface area contributed by atoms with Crippen LogP contribution in [0.25, 0.3) is 0 Å². The molecule has 5 heteroatoms. The molecule has 0 spiro atoms. The van der Waals surface area contributed by atoms with E-state index in [2.05, 4.69) is 6.92 Å². The van der Waals surface area contributed by atoms with Crippen LogP contribution in [0.5, 0.6) is 5.75 Å². The van der Waals surface area contributed by atoms with Gasteiger partial charge >= 0.3 is 7.60 Å². The summed E-state index contributed by atoms with van der Waals surface area (Å²) in [7, 11) is -4.06. The van der Waals surface area contributed by atoms with Crippen LogP contribution >= 0.6 is 7.60 Å². The Kier molecular flexibility index (Phi) is 10.3. The largest absolute Gasteiger partial charge is 0.490 e. The average Bonchev–Trinajstić information content (AvgIpc) is 2.49. The van der Waals surface area contributed by atoms with Crippen LogP contribution in [-0.2, 0) is 4.57 Å². The lowest BCUT2D eigenvalue weighted by Crippen LogP contribution is -2.21. The Morgan fingerprint density at radius 2 is 1.52 bits per heavy atom. The van der Waals surface area contributed by atoms with Gasteiger partial charge in [0.05, 0.1) is 6.16 Å². The molecule has 0 saturated carbocycles. The van der Waals surface area contributed by atoms with Gasteiger partial charge in [-0.25, -0.2) is 0 Å². The molecule has 0 aromatic heterocycles. The summed E-state index contributed by atoms with van der Waals surface area (Å²) in [5.74, 6) is 0.672. The minimum Gasteiger partial charge on any atom is -0.490 e. The molecule has 0 bridgehead atoms. The molecule has 0 radical (unpaired) electrons. The average molecular weight is 342 g/mol. The van der Waals surface area contributed by atoms with Crippen LogP contribution in [0.3, 0.4) is 0 Å². The van der Waals surface area contributed by atoms with Crippen molar-refractivity contribution in [1.82, 2.24) is 0 Å². The van der Waals surface area contributed by atoms with Crippen molar-refractivity contribution in [3.05, 3.63) is 30.3 Å². The molecule has 0 fully saturated rings. The molecule has 1 aromatic rings. The van der Waals surface area contributed by atoms with Crippen molar-refractivity contribution in [2.75, 3.05) is 6.16 Å². The minimum atomic E-state index is -4.06. The molecule has 0 heterocycles. The van der Waals surface area contributed by atoms with Gasteiger partial charge in [-0.1, -0.05) is 70.1 Å². The van der Waals surface area contributed by atoms with E-state index in [1.807, 2.05) is 30.3 Å². The second-order valence-corrected chi connectivity index (χ2v) is 7.86. The maximum Gasteiger partial charge on any atom is 0.329 e. The Morgan fingerprint density at radius 1 is 0.957 bits per heavy atom. The molecule has 1 aromatic carbocycles. The predicted molar refractivity (Wildman–Crippen MR) is 95.0 cm³/mol. The van der Waals surface area contributed by atoms with Gasteiger partial charge in [0.2, 0.25) is 0 Å². The third kappa shape index (κ3) is 11.4. The van der Waals surface area contributed by atoms with E-state index in [4.69, 9.17) is 4.74 Å². The maximum absolute atomic E-state index is 11.3. The van der Waals surface area contributed by atoms with Crippen molar-refractivity contribution < 1.29 is 19.1 Å². The van der Waals surface area contributed by atoms with Crippen LogP contribution in [-0.4, -0.2) is 22.1 Å². The lowest BCUT2D eigenvalue weighted by molar-refractivity contribution is 0.199. The van der Waals surface area contributed by atoms with Crippen molar-refractivity contribution in [2.45, 2.75) is 70.8 Å². The van der Waals surface area contributed by atoms with Crippen molar-refractivity contribution in [2.24, 2.45) is 0 Å². The third-order valence-electron chi connectivity index (χ3n) is 3.87. The number of para-hydroxylation sites is 1. The molecule has 0 amide bonds. The molecule has 23 heavy (non-hydrogen) atoms. The van der Waals surface area contributed by atoms with Crippen LogP contribution in [0.15, 0.2) is 30.3 Å². The van der Waals surface area contributed by atoms with E-state index < -0.39 is 13.7 Å². The number of unbranched alkanes of at least 4 members (excludes halogenated alkanes) is 7. The summed E-state index contributed by atoms with van der Waals surface area (Å²) in [6, 6.07) is 9.25. The second kappa shape index (κ2) is 11.7.